The predicted octanol–water partition coefficient (Wildman–Crippen LogP) is 1.22. The average Bonchev–Trinajstić information content (AvgIpc) is 2.44. The number of nitrogens with one attached hydrogen (secondary N) is 1. The first-order chi connectivity index (χ1) is 9.46. The van der Waals surface area contributed by atoms with Crippen LogP contribution in [-0.4, -0.2) is 41.5 Å². The predicted molar refractivity (Wildman–Crippen MR) is 74.9 cm³/mol. The van der Waals surface area contributed by atoms with Crippen molar-refractivity contribution in [1.29, 1.82) is 0 Å². The summed E-state index contributed by atoms with van der Waals surface area (Å²) in [5.74, 6) is -0.568. The lowest BCUT2D eigenvalue weighted by atomic mass is 9.98. The molecule has 20 heavy (non-hydrogen) atoms. The van der Waals surface area contributed by atoms with Crippen LogP contribution >= 0.6 is 15.9 Å². The minimum atomic E-state index is -1.06. The second-order valence-corrected chi connectivity index (χ2v) is 5.22. The quantitative estimate of drug-likeness (QED) is 0.691. The third-order valence-electron chi connectivity index (χ3n) is 2.94. The van der Waals surface area contributed by atoms with Gasteiger partial charge in [0.05, 0.1) is 23.2 Å². The van der Waals surface area contributed by atoms with Crippen LogP contribution < -0.4 is 10.1 Å². The fourth-order valence-electron chi connectivity index (χ4n) is 1.51. The molecule has 5 nitrogen and oxygen atoms in total. The average molecular weight is 350 g/mol. The van der Waals surface area contributed by atoms with Crippen LogP contribution in [0.2, 0.25) is 0 Å². The lowest BCUT2D eigenvalue weighted by Gasteiger charge is -2.29. The molecule has 0 saturated heterocycles. The Hall–Kier alpha value is -1.18. The third kappa shape index (κ3) is 4.43. The molecule has 0 spiro atoms. The van der Waals surface area contributed by atoms with E-state index in [1.807, 2.05) is 0 Å². The summed E-state index contributed by atoms with van der Waals surface area (Å²) in [7, 11) is 0. The Kier molecular flexibility index (Phi) is 6.38. The molecule has 0 aliphatic carbocycles. The first kappa shape index (κ1) is 16.9. The molecule has 112 valence electrons. The third-order valence-corrected chi connectivity index (χ3v) is 3.56. The van der Waals surface area contributed by atoms with Gasteiger partial charge in [0.1, 0.15) is 11.6 Å². The number of aliphatic hydroxyl groups is 2. The van der Waals surface area contributed by atoms with E-state index in [0.29, 0.717) is 16.6 Å². The number of amides is 1. The summed E-state index contributed by atoms with van der Waals surface area (Å²) in [5, 5.41) is 21.0. The van der Waals surface area contributed by atoms with Crippen LogP contribution in [0.25, 0.3) is 0 Å². The van der Waals surface area contributed by atoms with E-state index < -0.39 is 17.3 Å². The van der Waals surface area contributed by atoms with Crippen molar-refractivity contribution in [3.05, 3.63) is 28.5 Å². The number of carbonyl (C=O) groups is 1. The van der Waals surface area contributed by atoms with Crippen LogP contribution in [0.1, 0.15) is 13.3 Å². The number of ether oxygens (including phenoxy) is 1. The fourth-order valence-corrected chi connectivity index (χ4v) is 1.97. The largest absolute Gasteiger partial charge is 0.483 e. The summed E-state index contributed by atoms with van der Waals surface area (Å²) in [6.45, 7) is 0.702. The zero-order valence-electron chi connectivity index (χ0n) is 11.0. The van der Waals surface area contributed by atoms with E-state index in [2.05, 4.69) is 21.2 Å². The molecule has 3 N–H and O–H groups in total. The number of benzene rings is 1. The molecule has 1 rings (SSSR count). The molecule has 1 aromatic rings. The van der Waals surface area contributed by atoms with E-state index in [4.69, 9.17) is 4.74 Å². The molecular weight excluding hydrogens is 333 g/mol. The Morgan fingerprint density at radius 2 is 2.10 bits per heavy atom. The standard InChI is InChI=1S/C13H17BrFNO4/c1-2-13(7-17,8-18)16-12(19)6-20-11-4-3-9(15)5-10(11)14/h3-5,17-18H,2,6-8H2,1H3,(H,16,19). The summed E-state index contributed by atoms with van der Waals surface area (Å²) in [6.07, 6.45) is 0.381. The second kappa shape index (κ2) is 7.56. The Morgan fingerprint density at radius 1 is 1.45 bits per heavy atom. The molecule has 0 heterocycles. The van der Waals surface area contributed by atoms with Gasteiger partial charge in [0.25, 0.3) is 5.91 Å². The highest BCUT2D eigenvalue weighted by Crippen LogP contribution is 2.25. The van der Waals surface area contributed by atoms with Gasteiger partial charge in [0.15, 0.2) is 6.61 Å². The van der Waals surface area contributed by atoms with E-state index in [1.165, 1.54) is 18.2 Å². The van der Waals surface area contributed by atoms with Crippen LogP contribution in [0.4, 0.5) is 4.39 Å². The van der Waals surface area contributed by atoms with Gasteiger partial charge in [0, 0.05) is 0 Å². The van der Waals surface area contributed by atoms with Gasteiger partial charge in [-0.05, 0) is 40.5 Å². The van der Waals surface area contributed by atoms with Gasteiger partial charge in [-0.1, -0.05) is 6.92 Å². The fraction of sp³-hybridized carbons (Fsp3) is 0.462. The minimum absolute atomic E-state index is 0.300. The van der Waals surface area contributed by atoms with Crippen LogP contribution in [0.3, 0.4) is 0 Å². The summed E-state index contributed by atoms with van der Waals surface area (Å²) in [4.78, 5) is 11.7. The van der Waals surface area contributed by atoms with Crippen molar-refractivity contribution in [2.24, 2.45) is 0 Å². The first-order valence-corrected chi connectivity index (χ1v) is 6.86. The van der Waals surface area contributed by atoms with Crippen LogP contribution in [0.15, 0.2) is 22.7 Å². The molecule has 0 aliphatic rings. The Balaban J connectivity index is 2.59. The molecule has 0 aromatic heterocycles. The van der Waals surface area contributed by atoms with Crippen LogP contribution in [0, 0.1) is 5.82 Å². The molecular formula is C13H17BrFNO4. The number of halogens is 2. The van der Waals surface area contributed by atoms with Gasteiger partial charge in [-0.15, -0.1) is 0 Å². The Morgan fingerprint density at radius 3 is 2.60 bits per heavy atom. The highest BCUT2D eigenvalue weighted by atomic mass is 79.9. The van der Waals surface area contributed by atoms with E-state index in [0.717, 1.165) is 0 Å². The molecule has 0 fully saturated rings. The van der Waals surface area contributed by atoms with Gasteiger partial charge >= 0.3 is 0 Å². The first-order valence-electron chi connectivity index (χ1n) is 6.07. The normalized spacial score (nSPS) is 11.2. The monoisotopic (exact) mass is 349 g/mol. The van der Waals surface area contributed by atoms with Crippen LogP contribution in [0.5, 0.6) is 5.75 Å². The molecule has 0 bridgehead atoms. The summed E-state index contributed by atoms with van der Waals surface area (Å²) in [5.41, 5.74) is -1.06. The zero-order valence-corrected chi connectivity index (χ0v) is 12.6. The van der Waals surface area contributed by atoms with Gasteiger partial charge in [-0.25, -0.2) is 4.39 Å². The minimum Gasteiger partial charge on any atom is -0.483 e. The number of carbonyl (C=O) groups excluding carboxylic acids is 1. The Labute approximate surface area is 124 Å². The number of hydrogen-bond acceptors (Lipinski definition) is 4. The van der Waals surface area contributed by atoms with Crippen LogP contribution in [-0.2, 0) is 4.79 Å². The molecule has 0 radical (unpaired) electrons. The molecule has 1 amide bonds. The zero-order chi connectivity index (χ0) is 15.2. The van der Waals surface area contributed by atoms with E-state index in [9.17, 15) is 19.4 Å². The molecule has 0 saturated carbocycles. The van der Waals surface area contributed by atoms with Gasteiger partial charge < -0.3 is 20.3 Å². The van der Waals surface area contributed by atoms with Crippen molar-refractivity contribution in [3.63, 3.8) is 0 Å². The van der Waals surface area contributed by atoms with Gasteiger partial charge in [-0.2, -0.15) is 0 Å². The van der Waals surface area contributed by atoms with Crippen molar-refractivity contribution in [1.82, 2.24) is 5.32 Å². The molecule has 0 atom stereocenters. The summed E-state index contributed by atoms with van der Waals surface area (Å²) >= 11 is 3.12. The topological polar surface area (TPSA) is 78.8 Å². The van der Waals surface area contributed by atoms with E-state index in [1.54, 1.807) is 6.92 Å². The Bertz CT molecular complexity index is 457. The molecule has 1 aromatic carbocycles. The summed E-state index contributed by atoms with van der Waals surface area (Å²) < 4.78 is 18.5. The van der Waals surface area contributed by atoms with Crippen molar-refractivity contribution in [2.75, 3.05) is 19.8 Å². The smallest absolute Gasteiger partial charge is 0.258 e. The maximum Gasteiger partial charge on any atom is 0.258 e. The molecule has 7 heteroatoms. The van der Waals surface area contributed by atoms with Crippen molar-refractivity contribution in [2.45, 2.75) is 18.9 Å². The number of hydrogen-bond donors (Lipinski definition) is 3. The lowest BCUT2D eigenvalue weighted by Crippen LogP contribution is -2.55. The van der Waals surface area contributed by atoms with E-state index >= 15 is 0 Å². The highest BCUT2D eigenvalue weighted by Gasteiger charge is 2.28. The van der Waals surface area contributed by atoms with E-state index in [-0.39, 0.29) is 19.8 Å². The highest BCUT2D eigenvalue weighted by molar-refractivity contribution is 9.10. The van der Waals surface area contributed by atoms with Crippen molar-refractivity contribution in [3.8, 4) is 5.75 Å². The summed E-state index contributed by atoms with van der Waals surface area (Å²) in [6, 6.07) is 3.85. The number of aliphatic hydroxyl groups excluding tert-OH is 2. The molecule has 0 unspecified atom stereocenters. The van der Waals surface area contributed by atoms with Crippen molar-refractivity contribution < 1.29 is 24.1 Å². The van der Waals surface area contributed by atoms with Gasteiger partial charge in [0.2, 0.25) is 0 Å². The molecule has 0 aliphatic heterocycles. The SMILES string of the molecule is CCC(CO)(CO)NC(=O)COc1ccc(F)cc1Br. The second-order valence-electron chi connectivity index (χ2n) is 4.36. The number of rotatable bonds is 7. The van der Waals surface area contributed by atoms with Crippen molar-refractivity contribution >= 4 is 21.8 Å². The lowest BCUT2D eigenvalue weighted by molar-refractivity contribution is -0.126. The maximum atomic E-state index is 12.9. The maximum absolute atomic E-state index is 12.9. The van der Waals surface area contributed by atoms with Gasteiger partial charge in [-0.3, -0.25) is 4.79 Å².